The van der Waals surface area contributed by atoms with Crippen molar-refractivity contribution >= 4 is 0 Å². The maximum atomic E-state index is 10.2. The molecule has 0 spiro atoms. The number of hydrogen-bond donors (Lipinski definition) is 2. The lowest BCUT2D eigenvalue weighted by Gasteiger charge is -2.39. The molecule has 15 heavy (non-hydrogen) atoms. The van der Waals surface area contributed by atoms with E-state index in [0.29, 0.717) is 0 Å². The predicted molar refractivity (Wildman–Crippen MR) is 60.5 cm³/mol. The van der Waals surface area contributed by atoms with Crippen molar-refractivity contribution in [2.24, 2.45) is 5.41 Å². The van der Waals surface area contributed by atoms with Crippen LogP contribution in [0.1, 0.15) is 52.4 Å². The van der Waals surface area contributed by atoms with E-state index in [-0.39, 0.29) is 17.6 Å². The molecule has 0 radical (unpaired) electrons. The summed E-state index contributed by atoms with van der Waals surface area (Å²) >= 11 is 0. The van der Waals surface area contributed by atoms with E-state index in [2.05, 4.69) is 13.8 Å². The van der Waals surface area contributed by atoms with Crippen LogP contribution in [0.2, 0.25) is 0 Å². The van der Waals surface area contributed by atoms with Gasteiger partial charge in [0.1, 0.15) is 0 Å². The third-order valence-electron chi connectivity index (χ3n) is 4.18. The first-order valence-corrected chi connectivity index (χ1v) is 6.09. The summed E-state index contributed by atoms with van der Waals surface area (Å²) in [6.07, 6.45) is 5.20. The summed E-state index contributed by atoms with van der Waals surface area (Å²) in [6, 6.07) is 0. The van der Waals surface area contributed by atoms with Crippen LogP contribution in [0.25, 0.3) is 0 Å². The van der Waals surface area contributed by atoms with Crippen molar-refractivity contribution in [3.63, 3.8) is 0 Å². The van der Waals surface area contributed by atoms with Crippen molar-refractivity contribution in [3.05, 3.63) is 11.1 Å². The minimum atomic E-state index is -0.313. The molecule has 0 aromatic carbocycles. The average Bonchev–Trinajstić information content (AvgIpc) is 2.24. The molecule has 86 valence electrons. The smallest absolute Gasteiger partial charge is 0.0758 e. The van der Waals surface area contributed by atoms with Gasteiger partial charge in [-0.1, -0.05) is 12.5 Å². The van der Waals surface area contributed by atoms with Gasteiger partial charge in [-0.15, -0.1) is 0 Å². The third kappa shape index (κ3) is 1.98. The molecule has 2 aliphatic carbocycles. The van der Waals surface area contributed by atoms with E-state index in [1.807, 2.05) is 0 Å². The van der Waals surface area contributed by atoms with Crippen molar-refractivity contribution in [3.8, 4) is 0 Å². The van der Waals surface area contributed by atoms with E-state index in [9.17, 15) is 10.2 Å². The molecule has 0 saturated heterocycles. The zero-order valence-corrected chi connectivity index (χ0v) is 9.79. The van der Waals surface area contributed by atoms with Gasteiger partial charge in [0, 0.05) is 0 Å². The molecular weight excluding hydrogens is 188 g/mol. The number of hydrogen-bond acceptors (Lipinski definition) is 2. The van der Waals surface area contributed by atoms with E-state index >= 15 is 0 Å². The van der Waals surface area contributed by atoms with Gasteiger partial charge in [-0.2, -0.15) is 0 Å². The molecule has 0 aromatic heterocycles. The third-order valence-corrected chi connectivity index (χ3v) is 4.18. The standard InChI is InChI=1S/C13H22O2/c1-9-4-3-7-13(2)8-10(14)5-6-11(15)12(9)13/h10-11,14-15H,3-8H2,1-2H3/t10-,11-,13-/m0/s1. The molecule has 0 unspecified atom stereocenters. The second kappa shape index (κ2) is 3.91. The number of fused-ring (bicyclic) bond motifs is 1. The Kier molecular flexibility index (Phi) is 2.91. The van der Waals surface area contributed by atoms with Crippen LogP contribution in [0.5, 0.6) is 0 Å². The zero-order valence-electron chi connectivity index (χ0n) is 9.79. The highest BCUT2D eigenvalue weighted by Crippen LogP contribution is 2.48. The molecule has 1 fully saturated rings. The summed E-state index contributed by atoms with van der Waals surface area (Å²) in [4.78, 5) is 0. The van der Waals surface area contributed by atoms with Crippen molar-refractivity contribution < 1.29 is 10.2 Å². The molecule has 0 aliphatic heterocycles. The first-order chi connectivity index (χ1) is 7.03. The molecule has 0 heterocycles. The summed E-state index contributed by atoms with van der Waals surface area (Å²) in [6.45, 7) is 4.36. The van der Waals surface area contributed by atoms with E-state index in [0.717, 1.165) is 32.1 Å². The molecule has 2 aliphatic rings. The highest BCUT2D eigenvalue weighted by Gasteiger charge is 2.40. The summed E-state index contributed by atoms with van der Waals surface area (Å²) < 4.78 is 0. The minimum Gasteiger partial charge on any atom is -0.393 e. The fourth-order valence-corrected chi connectivity index (χ4v) is 3.54. The Balaban J connectivity index is 2.39. The SMILES string of the molecule is CC1=C2[C@@H](O)CC[C@H](O)C[C@]2(C)CCC1. The maximum Gasteiger partial charge on any atom is 0.0758 e. The van der Waals surface area contributed by atoms with E-state index in [4.69, 9.17) is 0 Å². The monoisotopic (exact) mass is 210 g/mol. The van der Waals surface area contributed by atoms with Gasteiger partial charge in [0.15, 0.2) is 0 Å². The topological polar surface area (TPSA) is 40.5 Å². The Labute approximate surface area is 92.0 Å². The lowest BCUT2D eigenvalue weighted by molar-refractivity contribution is 0.114. The summed E-state index contributed by atoms with van der Waals surface area (Å²) in [5, 5.41) is 20.0. The first kappa shape index (κ1) is 11.2. The normalized spacial score (nSPS) is 42.4. The van der Waals surface area contributed by atoms with Gasteiger partial charge in [-0.25, -0.2) is 0 Å². The van der Waals surface area contributed by atoms with Gasteiger partial charge in [0.25, 0.3) is 0 Å². The fourth-order valence-electron chi connectivity index (χ4n) is 3.54. The van der Waals surface area contributed by atoms with Crippen LogP contribution in [0.15, 0.2) is 11.1 Å². The molecule has 2 nitrogen and oxygen atoms in total. The zero-order chi connectivity index (χ0) is 11.1. The van der Waals surface area contributed by atoms with Crippen LogP contribution in [0.4, 0.5) is 0 Å². The second-order valence-electron chi connectivity index (χ2n) is 5.56. The van der Waals surface area contributed by atoms with Crippen LogP contribution in [0, 0.1) is 5.41 Å². The Morgan fingerprint density at radius 2 is 2.00 bits per heavy atom. The molecular formula is C13H22O2. The van der Waals surface area contributed by atoms with Crippen LogP contribution in [0.3, 0.4) is 0 Å². The Morgan fingerprint density at radius 1 is 1.27 bits per heavy atom. The van der Waals surface area contributed by atoms with Crippen LogP contribution in [-0.4, -0.2) is 22.4 Å². The summed E-state index contributed by atoms with van der Waals surface area (Å²) in [5.74, 6) is 0. The Hall–Kier alpha value is -0.340. The molecule has 1 saturated carbocycles. The molecule has 0 aromatic rings. The fraction of sp³-hybridized carbons (Fsp3) is 0.846. The Bertz CT molecular complexity index is 282. The molecule has 0 bridgehead atoms. The number of allylic oxidation sites excluding steroid dienone is 1. The lowest BCUT2D eigenvalue weighted by Crippen LogP contribution is -2.31. The number of aliphatic hydroxyl groups excluding tert-OH is 2. The highest BCUT2D eigenvalue weighted by atomic mass is 16.3. The molecule has 2 rings (SSSR count). The maximum absolute atomic E-state index is 10.2. The molecule has 3 atom stereocenters. The first-order valence-electron chi connectivity index (χ1n) is 6.09. The van der Waals surface area contributed by atoms with Crippen molar-refractivity contribution in [2.45, 2.75) is 64.6 Å². The van der Waals surface area contributed by atoms with Crippen molar-refractivity contribution in [2.75, 3.05) is 0 Å². The van der Waals surface area contributed by atoms with E-state index in [1.54, 1.807) is 0 Å². The van der Waals surface area contributed by atoms with E-state index < -0.39 is 0 Å². The van der Waals surface area contributed by atoms with Gasteiger partial charge >= 0.3 is 0 Å². The molecule has 2 N–H and O–H groups in total. The van der Waals surface area contributed by atoms with Crippen LogP contribution in [-0.2, 0) is 0 Å². The summed E-state index contributed by atoms with van der Waals surface area (Å²) in [7, 11) is 0. The molecule has 2 heteroatoms. The minimum absolute atomic E-state index is 0.0532. The molecule has 0 amide bonds. The highest BCUT2D eigenvalue weighted by molar-refractivity contribution is 5.28. The summed E-state index contributed by atoms with van der Waals surface area (Å²) in [5.41, 5.74) is 2.66. The van der Waals surface area contributed by atoms with E-state index in [1.165, 1.54) is 17.6 Å². The van der Waals surface area contributed by atoms with Gasteiger partial charge in [-0.3, -0.25) is 0 Å². The lowest BCUT2D eigenvalue weighted by atomic mass is 9.68. The second-order valence-corrected chi connectivity index (χ2v) is 5.56. The van der Waals surface area contributed by atoms with Gasteiger partial charge in [-0.05, 0) is 56.4 Å². The van der Waals surface area contributed by atoms with Gasteiger partial charge in [0.05, 0.1) is 12.2 Å². The van der Waals surface area contributed by atoms with Crippen molar-refractivity contribution in [1.82, 2.24) is 0 Å². The van der Waals surface area contributed by atoms with Crippen LogP contribution < -0.4 is 0 Å². The number of aliphatic hydroxyl groups is 2. The quantitative estimate of drug-likeness (QED) is 0.603. The average molecular weight is 210 g/mol. The van der Waals surface area contributed by atoms with Crippen molar-refractivity contribution in [1.29, 1.82) is 0 Å². The number of rotatable bonds is 0. The van der Waals surface area contributed by atoms with Gasteiger partial charge in [0.2, 0.25) is 0 Å². The predicted octanol–water partition coefficient (Wildman–Crippen LogP) is 2.40. The van der Waals surface area contributed by atoms with Gasteiger partial charge < -0.3 is 10.2 Å². The Morgan fingerprint density at radius 3 is 2.73 bits per heavy atom. The van der Waals surface area contributed by atoms with Crippen LogP contribution >= 0.6 is 0 Å². The largest absolute Gasteiger partial charge is 0.393 e.